The summed E-state index contributed by atoms with van der Waals surface area (Å²) in [5.41, 5.74) is 0.217. The van der Waals surface area contributed by atoms with Crippen molar-refractivity contribution < 1.29 is 9.59 Å². The Labute approximate surface area is 128 Å². The zero-order chi connectivity index (χ0) is 16.8. The lowest BCUT2D eigenvalue weighted by atomic mass is 9.88. The molecule has 0 amide bonds. The van der Waals surface area contributed by atoms with Crippen molar-refractivity contribution in [1.82, 2.24) is 0 Å². The SMILES string of the molecule is N#CCCC(CCC#N)=C(CCC#N)C(=C=O)C(=C=O)C#N. The summed E-state index contributed by atoms with van der Waals surface area (Å²) in [7, 11) is 0. The highest BCUT2D eigenvalue weighted by atomic mass is 16.1. The summed E-state index contributed by atoms with van der Waals surface area (Å²) in [6.45, 7) is 0. The highest BCUT2D eigenvalue weighted by Crippen LogP contribution is 2.28. The minimum Gasteiger partial charge on any atom is -0.233 e. The van der Waals surface area contributed by atoms with Crippen molar-refractivity contribution >= 4 is 11.9 Å². The molecule has 0 spiro atoms. The van der Waals surface area contributed by atoms with Crippen LogP contribution in [0.25, 0.3) is 0 Å². The van der Waals surface area contributed by atoms with Gasteiger partial charge in [0.25, 0.3) is 0 Å². The van der Waals surface area contributed by atoms with Crippen LogP contribution in [0.2, 0.25) is 0 Å². The molecule has 0 heterocycles. The lowest BCUT2D eigenvalue weighted by Crippen LogP contribution is -2.01. The number of nitriles is 4. The molecule has 0 atom stereocenters. The zero-order valence-corrected chi connectivity index (χ0v) is 11.8. The van der Waals surface area contributed by atoms with E-state index in [1.807, 2.05) is 18.2 Å². The minimum atomic E-state index is -0.491. The fourth-order valence-corrected chi connectivity index (χ4v) is 1.89. The van der Waals surface area contributed by atoms with Crippen LogP contribution in [0.4, 0.5) is 0 Å². The van der Waals surface area contributed by atoms with Crippen LogP contribution in [0.5, 0.6) is 0 Å². The molecule has 0 saturated heterocycles. The average Bonchev–Trinajstić information content (AvgIpc) is 2.55. The molecule has 6 heteroatoms. The van der Waals surface area contributed by atoms with Gasteiger partial charge in [0.05, 0.1) is 23.8 Å². The van der Waals surface area contributed by atoms with E-state index in [1.54, 1.807) is 12.0 Å². The van der Waals surface area contributed by atoms with Crippen LogP contribution < -0.4 is 0 Å². The molecule has 0 aromatic heterocycles. The van der Waals surface area contributed by atoms with E-state index in [0.29, 0.717) is 24.0 Å². The first-order chi connectivity index (χ1) is 10.7. The molecule has 0 aliphatic rings. The van der Waals surface area contributed by atoms with Gasteiger partial charge < -0.3 is 0 Å². The number of rotatable bonds is 8. The van der Waals surface area contributed by atoms with Crippen LogP contribution in [0.15, 0.2) is 22.3 Å². The van der Waals surface area contributed by atoms with Gasteiger partial charge in [0.1, 0.15) is 18.0 Å². The van der Waals surface area contributed by atoms with E-state index in [9.17, 15) is 9.59 Å². The van der Waals surface area contributed by atoms with Crippen molar-refractivity contribution in [2.45, 2.75) is 38.5 Å². The normalized spacial score (nSPS) is 8.00. The van der Waals surface area contributed by atoms with Gasteiger partial charge in [-0.2, -0.15) is 21.0 Å². The zero-order valence-electron chi connectivity index (χ0n) is 11.8. The smallest absolute Gasteiger partial charge is 0.154 e. The Morgan fingerprint density at radius 3 is 1.59 bits per heavy atom. The van der Waals surface area contributed by atoms with E-state index in [4.69, 9.17) is 21.0 Å². The van der Waals surface area contributed by atoms with E-state index in [-0.39, 0.29) is 31.3 Å². The van der Waals surface area contributed by atoms with Crippen molar-refractivity contribution in [3.63, 3.8) is 0 Å². The summed E-state index contributed by atoms with van der Waals surface area (Å²) in [5, 5.41) is 35.0. The van der Waals surface area contributed by atoms with Crippen LogP contribution >= 0.6 is 0 Å². The van der Waals surface area contributed by atoms with E-state index >= 15 is 0 Å². The average molecular weight is 292 g/mol. The van der Waals surface area contributed by atoms with Gasteiger partial charge in [-0.15, -0.1) is 0 Å². The molecule has 0 N–H and O–H groups in total. The van der Waals surface area contributed by atoms with Gasteiger partial charge in [0, 0.05) is 19.3 Å². The number of nitrogens with zero attached hydrogens (tertiary/aromatic N) is 4. The van der Waals surface area contributed by atoms with Gasteiger partial charge in [0.2, 0.25) is 0 Å². The molecule has 0 aliphatic carbocycles. The van der Waals surface area contributed by atoms with Crippen molar-refractivity contribution in [3.05, 3.63) is 22.3 Å². The molecule has 0 aromatic rings. The monoisotopic (exact) mass is 292 g/mol. The third-order valence-electron chi connectivity index (χ3n) is 2.86. The second kappa shape index (κ2) is 11.4. The van der Waals surface area contributed by atoms with E-state index < -0.39 is 5.57 Å². The van der Waals surface area contributed by atoms with Crippen LogP contribution in [-0.2, 0) is 9.59 Å². The standard InChI is InChI=1S/C16H12N4O2/c17-7-1-4-13(5-2-8-18)15(6-3-9-19)16(12-22)14(10-20)11-21/h1-6H2. The van der Waals surface area contributed by atoms with Crippen LogP contribution in [0.3, 0.4) is 0 Å². The molecule has 0 aliphatic heterocycles. The van der Waals surface area contributed by atoms with Crippen molar-refractivity contribution in [2.24, 2.45) is 0 Å². The first kappa shape index (κ1) is 18.6. The van der Waals surface area contributed by atoms with Gasteiger partial charge in [-0.05, 0) is 24.8 Å². The second-order valence-corrected chi connectivity index (χ2v) is 4.12. The predicted octanol–water partition coefficient (Wildman–Crippen LogP) is 2.23. The van der Waals surface area contributed by atoms with Crippen LogP contribution in [-0.4, -0.2) is 11.9 Å². The van der Waals surface area contributed by atoms with Gasteiger partial charge in [-0.3, -0.25) is 0 Å². The predicted molar refractivity (Wildman–Crippen MR) is 75.6 cm³/mol. The third-order valence-corrected chi connectivity index (χ3v) is 2.86. The Balaban J connectivity index is 6.05. The summed E-state index contributed by atoms with van der Waals surface area (Å²) in [6.07, 6.45) is 1.12. The summed E-state index contributed by atoms with van der Waals surface area (Å²) in [5.74, 6) is 2.94. The Kier molecular flexibility index (Phi) is 9.66. The summed E-state index contributed by atoms with van der Waals surface area (Å²) in [4.78, 5) is 21.9. The molecular weight excluding hydrogens is 280 g/mol. The molecule has 0 fully saturated rings. The highest BCUT2D eigenvalue weighted by molar-refractivity contribution is 5.81. The van der Waals surface area contributed by atoms with Crippen molar-refractivity contribution in [2.75, 3.05) is 0 Å². The van der Waals surface area contributed by atoms with Crippen LogP contribution in [0.1, 0.15) is 38.5 Å². The largest absolute Gasteiger partial charge is 0.233 e. The number of carbonyl (C=O) groups excluding carboxylic acids is 2. The van der Waals surface area contributed by atoms with Gasteiger partial charge in [0.15, 0.2) is 5.57 Å². The lowest BCUT2D eigenvalue weighted by Gasteiger charge is -2.12. The molecule has 108 valence electrons. The van der Waals surface area contributed by atoms with E-state index in [1.165, 1.54) is 5.94 Å². The Morgan fingerprint density at radius 2 is 1.23 bits per heavy atom. The van der Waals surface area contributed by atoms with Crippen molar-refractivity contribution in [1.29, 1.82) is 21.0 Å². The summed E-state index contributed by atoms with van der Waals surface area (Å²) >= 11 is 0. The first-order valence-electron chi connectivity index (χ1n) is 6.42. The molecule has 22 heavy (non-hydrogen) atoms. The molecule has 0 saturated carbocycles. The van der Waals surface area contributed by atoms with Gasteiger partial charge >= 0.3 is 0 Å². The van der Waals surface area contributed by atoms with Gasteiger partial charge in [-0.25, -0.2) is 9.59 Å². The number of hydrogen-bond acceptors (Lipinski definition) is 6. The van der Waals surface area contributed by atoms with Crippen LogP contribution in [0, 0.1) is 45.3 Å². The molecule has 0 bridgehead atoms. The fourth-order valence-electron chi connectivity index (χ4n) is 1.89. The Hall–Kier alpha value is -3.40. The molecule has 0 rings (SSSR count). The molecular formula is C16H12N4O2. The Morgan fingerprint density at radius 1 is 0.727 bits per heavy atom. The molecule has 0 radical (unpaired) electrons. The second-order valence-electron chi connectivity index (χ2n) is 4.12. The maximum absolute atomic E-state index is 11.2. The van der Waals surface area contributed by atoms with Gasteiger partial charge in [-0.1, -0.05) is 5.57 Å². The fraction of sp³-hybridized carbons (Fsp3) is 0.375. The molecule has 0 aromatic carbocycles. The minimum absolute atomic E-state index is 0.0701. The quantitative estimate of drug-likeness (QED) is 0.383. The number of hydrogen-bond donors (Lipinski definition) is 0. The van der Waals surface area contributed by atoms with Crippen molar-refractivity contribution in [3.8, 4) is 24.3 Å². The Bertz CT molecular complexity index is 687. The number of allylic oxidation sites excluding steroid dienone is 4. The maximum Gasteiger partial charge on any atom is 0.154 e. The highest BCUT2D eigenvalue weighted by Gasteiger charge is 2.18. The lowest BCUT2D eigenvalue weighted by molar-refractivity contribution is 0.564. The maximum atomic E-state index is 11.2. The van der Waals surface area contributed by atoms with E-state index in [0.717, 1.165) is 0 Å². The first-order valence-corrected chi connectivity index (χ1v) is 6.42. The van der Waals surface area contributed by atoms with E-state index in [2.05, 4.69) is 0 Å². The summed E-state index contributed by atoms with van der Waals surface area (Å²) in [6, 6.07) is 7.42. The third kappa shape index (κ3) is 5.71. The summed E-state index contributed by atoms with van der Waals surface area (Å²) < 4.78 is 0. The topological polar surface area (TPSA) is 129 Å². The molecule has 0 unspecified atom stereocenters. The molecule has 6 nitrogen and oxygen atoms in total.